The third-order valence-electron chi connectivity index (χ3n) is 5.85. The summed E-state index contributed by atoms with van der Waals surface area (Å²) in [6.07, 6.45) is 1.99. The van der Waals surface area contributed by atoms with E-state index in [1.807, 2.05) is 73.6 Å². The number of aliphatic hydroxyl groups is 1. The molecular formula is C26H33N5O4. The summed E-state index contributed by atoms with van der Waals surface area (Å²) in [5.41, 5.74) is 2.22. The number of nitrogens with one attached hydrogen (secondary N) is 2. The van der Waals surface area contributed by atoms with Gasteiger partial charge in [-0.15, -0.1) is 5.10 Å². The molecule has 9 nitrogen and oxygen atoms in total. The number of carbonyl (C=O) groups excluding carboxylic acids is 2. The summed E-state index contributed by atoms with van der Waals surface area (Å²) >= 11 is 0. The van der Waals surface area contributed by atoms with Gasteiger partial charge in [-0.3, -0.25) is 14.7 Å². The van der Waals surface area contributed by atoms with Gasteiger partial charge in [0.15, 0.2) is 0 Å². The van der Waals surface area contributed by atoms with Crippen molar-refractivity contribution in [3.8, 4) is 11.1 Å². The summed E-state index contributed by atoms with van der Waals surface area (Å²) in [4.78, 5) is 27.5. The number of H-pyrrole nitrogens is 1. The van der Waals surface area contributed by atoms with Crippen molar-refractivity contribution in [1.82, 2.24) is 25.6 Å². The third-order valence-corrected chi connectivity index (χ3v) is 5.85. The first-order chi connectivity index (χ1) is 16.8. The van der Waals surface area contributed by atoms with Crippen LogP contribution in [0.5, 0.6) is 0 Å². The van der Waals surface area contributed by atoms with Gasteiger partial charge in [0.25, 0.3) is 5.91 Å². The molecule has 1 unspecified atom stereocenters. The molecule has 1 aromatic heterocycles. The molecule has 0 fully saturated rings. The molecule has 9 heteroatoms. The van der Waals surface area contributed by atoms with Gasteiger partial charge in [0.05, 0.1) is 18.2 Å². The maximum Gasteiger partial charge on any atom is 0.314 e. The number of rotatable bonds is 12. The second kappa shape index (κ2) is 12.2. The van der Waals surface area contributed by atoms with Crippen LogP contribution in [-0.4, -0.2) is 77.2 Å². The van der Waals surface area contributed by atoms with E-state index in [-0.39, 0.29) is 24.6 Å². The van der Waals surface area contributed by atoms with Crippen molar-refractivity contribution >= 4 is 11.9 Å². The highest BCUT2D eigenvalue weighted by Gasteiger charge is 2.37. The van der Waals surface area contributed by atoms with Crippen LogP contribution in [0.15, 0.2) is 60.8 Å². The molecule has 3 aromatic rings. The normalized spacial score (nSPS) is 13.7. The molecule has 0 aliphatic carbocycles. The maximum absolute atomic E-state index is 12.8. The number of hydrogen-bond donors (Lipinski definition) is 3. The Labute approximate surface area is 205 Å². The van der Waals surface area contributed by atoms with Crippen molar-refractivity contribution in [1.29, 1.82) is 0 Å². The first-order valence-electron chi connectivity index (χ1n) is 11.5. The Hall–Kier alpha value is -3.56. The number of ether oxygens (including phenoxy) is 1. The molecule has 0 aliphatic rings. The van der Waals surface area contributed by atoms with Gasteiger partial charge >= 0.3 is 5.97 Å². The van der Waals surface area contributed by atoms with Gasteiger partial charge < -0.3 is 20.1 Å². The molecule has 1 heterocycles. The van der Waals surface area contributed by atoms with Crippen molar-refractivity contribution in [2.75, 3.05) is 33.9 Å². The number of nitrogens with zero attached hydrogens (tertiary/aromatic N) is 3. The van der Waals surface area contributed by atoms with Crippen LogP contribution in [0.4, 0.5) is 0 Å². The van der Waals surface area contributed by atoms with E-state index < -0.39 is 24.0 Å². The summed E-state index contributed by atoms with van der Waals surface area (Å²) in [5, 5.41) is 22.9. The molecule has 3 N–H and O–H groups in total. The van der Waals surface area contributed by atoms with E-state index in [1.165, 1.54) is 6.20 Å². The zero-order chi connectivity index (χ0) is 25.3. The van der Waals surface area contributed by atoms with E-state index in [0.29, 0.717) is 13.0 Å². The number of benzene rings is 2. The lowest BCUT2D eigenvalue weighted by atomic mass is 9.82. The quantitative estimate of drug-likeness (QED) is 0.341. The van der Waals surface area contributed by atoms with Crippen LogP contribution < -0.4 is 5.32 Å². The van der Waals surface area contributed by atoms with Crippen LogP contribution in [0.25, 0.3) is 11.1 Å². The lowest BCUT2D eigenvalue weighted by molar-refractivity contribution is -0.158. The smallest absolute Gasteiger partial charge is 0.314 e. The highest BCUT2D eigenvalue weighted by atomic mass is 16.5. The van der Waals surface area contributed by atoms with E-state index in [9.17, 15) is 14.7 Å². The SMILES string of the molecule is CN(C)CCOC(=O)C(C)(CO)C[C@@H](Cc1ccc(-c2ccccc2)cc1)NC(=O)c1cnn[nH]1. The minimum absolute atomic E-state index is 0.193. The maximum atomic E-state index is 12.8. The van der Waals surface area contributed by atoms with Gasteiger partial charge in [-0.25, -0.2) is 0 Å². The van der Waals surface area contributed by atoms with Crippen molar-refractivity contribution in [3.05, 3.63) is 72.1 Å². The van der Waals surface area contributed by atoms with Gasteiger partial charge in [-0.1, -0.05) is 59.8 Å². The van der Waals surface area contributed by atoms with E-state index in [1.54, 1.807) is 6.92 Å². The largest absolute Gasteiger partial charge is 0.464 e. The van der Waals surface area contributed by atoms with E-state index in [4.69, 9.17) is 4.74 Å². The molecule has 0 bridgehead atoms. The number of hydrogen-bond acceptors (Lipinski definition) is 7. The average molecular weight is 480 g/mol. The summed E-state index contributed by atoms with van der Waals surface area (Å²) < 4.78 is 5.42. The Morgan fingerprint density at radius 2 is 1.80 bits per heavy atom. The molecule has 0 saturated heterocycles. The fraction of sp³-hybridized carbons (Fsp3) is 0.385. The van der Waals surface area contributed by atoms with Crippen molar-refractivity contribution < 1.29 is 19.4 Å². The lowest BCUT2D eigenvalue weighted by Crippen LogP contribution is -2.45. The molecule has 0 aliphatic heterocycles. The molecule has 3 rings (SSSR count). The summed E-state index contributed by atoms with van der Waals surface area (Å²) in [6, 6.07) is 17.7. The predicted molar refractivity (Wildman–Crippen MR) is 133 cm³/mol. The number of esters is 1. The molecule has 0 spiro atoms. The molecule has 2 atom stereocenters. The van der Waals surface area contributed by atoms with Gasteiger partial charge in [0.2, 0.25) is 0 Å². The second-order valence-electron chi connectivity index (χ2n) is 9.17. The summed E-state index contributed by atoms with van der Waals surface area (Å²) in [7, 11) is 3.77. The first kappa shape index (κ1) is 26.1. The third kappa shape index (κ3) is 7.46. The fourth-order valence-corrected chi connectivity index (χ4v) is 3.74. The Morgan fingerprint density at radius 3 is 2.40 bits per heavy atom. The minimum atomic E-state index is -1.18. The van der Waals surface area contributed by atoms with E-state index in [2.05, 4.69) is 20.7 Å². The molecule has 35 heavy (non-hydrogen) atoms. The Morgan fingerprint density at radius 1 is 1.11 bits per heavy atom. The first-order valence-corrected chi connectivity index (χ1v) is 11.5. The zero-order valence-corrected chi connectivity index (χ0v) is 20.4. The van der Waals surface area contributed by atoms with Crippen LogP contribution in [0.1, 0.15) is 29.4 Å². The van der Waals surface area contributed by atoms with Gasteiger partial charge in [-0.05, 0) is 50.6 Å². The number of likely N-dealkylation sites (N-methyl/N-ethyl adjacent to an activating group) is 1. The van der Waals surface area contributed by atoms with Crippen molar-refractivity contribution in [2.24, 2.45) is 5.41 Å². The zero-order valence-electron chi connectivity index (χ0n) is 20.4. The van der Waals surface area contributed by atoms with Gasteiger partial charge in [0.1, 0.15) is 12.3 Å². The Kier molecular flexibility index (Phi) is 9.11. The Bertz CT molecular complexity index is 1070. The molecule has 0 saturated carbocycles. The topological polar surface area (TPSA) is 120 Å². The van der Waals surface area contributed by atoms with E-state index in [0.717, 1.165) is 16.7 Å². The number of amides is 1. The van der Waals surface area contributed by atoms with Crippen molar-refractivity contribution in [3.63, 3.8) is 0 Å². The Balaban J connectivity index is 1.76. The van der Waals surface area contributed by atoms with Crippen LogP contribution in [-0.2, 0) is 16.0 Å². The molecule has 0 radical (unpaired) electrons. The van der Waals surface area contributed by atoms with Crippen LogP contribution in [0, 0.1) is 5.41 Å². The van der Waals surface area contributed by atoms with E-state index >= 15 is 0 Å². The lowest BCUT2D eigenvalue weighted by Gasteiger charge is -2.30. The monoisotopic (exact) mass is 479 g/mol. The number of aromatic nitrogens is 3. The summed E-state index contributed by atoms with van der Waals surface area (Å²) in [5.74, 6) is -0.883. The minimum Gasteiger partial charge on any atom is -0.464 e. The number of aliphatic hydroxyl groups excluding tert-OH is 1. The standard InChI is InChI=1S/C26H33N5O4/c1-26(18-32,25(34)35-14-13-31(2)3)16-22(28-24(33)23-17-27-30-29-23)15-19-9-11-21(12-10-19)20-7-5-4-6-8-20/h4-12,17,22,32H,13-16,18H2,1-3H3,(H,28,33)(H,27,29,30)/t22-,26?/m1/s1. The van der Waals surface area contributed by atoms with Crippen LogP contribution in [0.2, 0.25) is 0 Å². The van der Waals surface area contributed by atoms with Gasteiger partial charge in [-0.2, -0.15) is 0 Å². The molecule has 186 valence electrons. The number of aromatic amines is 1. The molecule has 2 aromatic carbocycles. The predicted octanol–water partition coefficient (Wildman–Crippen LogP) is 2.31. The fourth-order valence-electron chi connectivity index (χ4n) is 3.74. The molecular weight excluding hydrogens is 446 g/mol. The van der Waals surface area contributed by atoms with Crippen LogP contribution in [0.3, 0.4) is 0 Å². The van der Waals surface area contributed by atoms with Gasteiger partial charge in [0, 0.05) is 12.6 Å². The summed E-state index contributed by atoms with van der Waals surface area (Å²) in [6.45, 7) is 2.05. The average Bonchev–Trinajstić information content (AvgIpc) is 3.40. The van der Waals surface area contributed by atoms with Crippen molar-refractivity contribution in [2.45, 2.75) is 25.8 Å². The number of carbonyl (C=O) groups is 2. The van der Waals surface area contributed by atoms with Crippen LogP contribution >= 0.6 is 0 Å². The highest BCUT2D eigenvalue weighted by molar-refractivity contribution is 5.92. The second-order valence-corrected chi connectivity index (χ2v) is 9.17. The highest BCUT2D eigenvalue weighted by Crippen LogP contribution is 2.27. The molecule has 1 amide bonds.